The normalized spacial score (nSPS) is 18.4. The number of hydrogen-bond donors (Lipinski definition) is 0. The van der Waals surface area contributed by atoms with Gasteiger partial charge < -0.3 is 4.90 Å². The second-order valence-corrected chi connectivity index (χ2v) is 6.06. The Hall–Kier alpha value is -0.820. The minimum absolute atomic E-state index is 0.799. The van der Waals surface area contributed by atoms with E-state index in [2.05, 4.69) is 49.1 Å². The van der Waals surface area contributed by atoms with Crippen LogP contribution in [0.3, 0.4) is 0 Å². The molecule has 0 spiro atoms. The fourth-order valence-corrected chi connectivity index (χ4v) is 2.94. The third-order valence-electron chi connectivity index (χ3n) is 4.11. The lowest BCUT2D eigenvalue weighted by atomic mass is 9.89. The van der Waals surface area contributed by atoms with Gasteiger partial charge in [0.1, 0.15) is 0 Å². The molecule has 1 aromatic carbocycles. The Morgan fingerprint density at radius 2 is 1.78 bits per heavy atom. The summed E-state index contributed by atoms with van der Waals surface area (Å²) in [5.41, 5.74) is 1.54. The highest BCUT2D eigenvalue weighted by molar-refractivity contribution is 5.19. The predicted octanol–water partition coefficient (Wildman–Crippen LogP) is 4.30. The van der Waals surface area contributed by atoms with Gasteiger partial charge in [0.25, 0.3) is 0 Å². The molecule has 0 aliphatic carbocycles. The Morgan fingerprint density at radius 1 is 1.11 bits per heavy atom. The van der Waals surface area contributed by atoms with E-state index in [0.717, 1.165) is 11.8 Å². The zero-order valence-corrected chi connectivity index (χ0v) is 11.9. The van der Waals surface area contributed by atoms with Crippen molar-refractivity contribution in [1.29, 1.82) is 0 Å². The maximum Gasteiger partial charge on any atom is -0.00129 e. The third-order valence-corrected chi connectivity index (χ3v) is 4.11. The van der Waals surface area contributed by atoms with Crippen LogP contribution in [0.25, 0.3) is 0 Å². The fourth-order valence-electron chi connectivity index (χ4n) is 2.94. The van der Waals surface area contributed by atoms with Crippen molar-refractivity contribution in [3.8, 4) is 0 Å². The summed E-state index contributed by atoms with van der Waals surface area (Å²) in [6, 6.07) is 11.0. The number of rotatable bonds is 5. The maximum absolute atomic E-state index is 2.65. The smallest absolute Gasteiger partial charge is 0.00129 e. The van der Waals surface area contributed by atoms with Gasteiger partial charge in [-0.15, -0.1) is 0 Å². The number of nitrogens with zero attached hydrogens (tertiary/aromatic N) is 1. The van der Waals surface area contributed by atoms with Gasteiger partial charge in [0.15, 0.2) is 0 Å². The molecule has 1 heteroatoms. The van der Waals surface area contributed by atoms with E-state index in [-0.39, 0.29) is 0 Å². The Morgan fingerprint density at radius 3 is 2.39 bits per heavy atom. The van der Waals surface area contributed by atoms with E-state index in [1.54, 1.807) is 5.56 Å². The fraction of sp³-hybridized carbons (Fsp3) is 0.647. The minimum atomic E-state index is 0.799. The second kappa shape index (κ2) is 6.94. The second-order valence-electron chi connectivity index (χ2n) is 6.06. The van der Waals surface area contributed by atoms with Crippen LogP contribution in [0.15, 0.2) is 30.3 Å². The molecule has 1 fully saturated rings. The molecular weight excluding hydrogens is 218 g/mol. The van der Waals surface area contributed by atoms with Crippen molar-refractivity contribution in [3.05, 3.63) is 35.9 Å². The van der Waals surface area contributed by atoms with Crippen molar-refractivity contribution in [2.24, 2.45) is 5.92 Å². The summed E-state index contributed by atoms with van der Waals surface area (Å²) in [4.78, 5) is 2.65. The molecular formula is C17H27N. The standard InChI is InChI=1S/C17H27N/c1-15(2)7-6-12-18-13-10-17(11-14-18)16-8-4-3-5-9-16/h3-5,8-9,15,17H,6-7,10-14H2,1-2H3. The minimum Gasteiger partial charge on any atom is -0.303 e. The third kappa shape index (κ3) is 4.13. The Bertz CT molecular complexity index is 323. The number of benzene rings is 1. The van der Waals surface area contributed by atoms with Gasteiger partial charge in [-0.3, -0.25) is 0 Å². The lowest BCUT2D eigenvalue weighted by molar-refractivity contribution is 0.206. The molecule has 1 heterocycles. The van der Waals surface area contributed by atoms with E-state index in [0.29, 0.717) is 0 Å². The Kier molecular flexibility index (Phi) is 5.25. The average Bonchev–Trinajstić information content (AvgIpc) is 2.40. The summed E-state index contributed by atoms with van der Waals surface area (Å²) < 4.78 is 0. The van der Waals surface area contributed by atoms with E-state index in [4.69, 9.17) is 0 Å². The molecule has 0 saturated carbocycles. The number of likely N-dealkylation sites (tertiary alicyclic amines) is 1. The lowest BCUT2D eigenvalue weighted by Crippen LogP contribution is -2.33. The van der Waals surface area contributed by atoms with Crippen LogP contribution in [0.4, 0.5) is 0 Å². The highest BCUT2D eigenvalue weighted by Crippen LogP contribution is 2.27. The predicted molar refractivity (Wildman–Crippen MR) is 78.9 cm³/mol. The van der Waals surface area contributed by atoms with Gasteiger partial charge in [0.05, 0.1) is 0 Å². The molecule has 1 saturated heterocycles. The number of hydrogen-bond acceptors (Lipinski definition) is 1. The van der Waals surface area contributed by atoms with Crippen LogP contribution >= 0.6 is 0 Å². The van der Waals surface area contributed by atoms with Gasteiger partial charge in [-0.1, -0.05) is 44.2 Å². The molecule has 0 unspecified atom stereocenters. The summed E-state index contributed by atoms with van der Waals surface area (Å²) >= 11 is 0. The van der Waals surface area contributed by atoms with Crippen molar-refractivity contribution in [3.63, 3.8) is 0 Å². The first-order valence-corrected chi connectivity index (χ1v) is 7.53. The highest BCUT2D eigenvalue weighted by Gasteiger charge is 2.19. The van der Waals surface area contributed by atoms with Gasteiger partial charge >= 0.3 is 0 Å². The van der Waals surface area contributed by atoms with Crippen LogP contribution in [0, 0.1) is 5.92 Å². The highest BCUT2D eigenvalue weighted by atomic mass is 15.1. The summed E-state index contributed by atoms with van der Waals surface area (Å²) in [6.45, 7) is 8.53. The van der Waals surface area contributed by atoms with Crippen LogP contribution in [0.2, 0.25) is 0 Å². The van der Waals surface area contributed by atoms with Gasteiger partial charge in [0, 0.05) is 0 Å². The van der Waals surface area contributed by atoms with Crippen molar-refractivity contribution in [1.82, 2.24) is 4.90 Å². The summed E-state index contributed by atoms with van der Waals surface area (Å²) in [6.07, 6.45) is 5.42. The first-order chi connectivity index (χ1) is 8.75. The molecule has 1 aliphatic rings. The molecule has 2 rings (SSSR count). The summed E-state index contributed by atoms with van der Waals surface area (Å²) in [7, 11) is 0. The molecule has 0 radical (unpaired) electrons. The zero-order valence-electron chi connectivity index (χ0n) is 11.9. The Labute approximate surface area is 112 Å². The molecule has 100 valence electrons. The largest absolute Gasteiger partial charge is 0.303 e. The van der Waals surface area contributed by atoms with E-state index >= 15 is 0 Å². The molecule has 0 aromatic heterocycles. The Balaban J connectivity index is 1.71. The maximum atomic E-state index is 2.65. The SMILES string of the molecule is CC(C)CCCN1CCC(c2ccccc2)CC1. The van der Waals surface area contributed by atoms with Crippen LogP contribution < -0.4 is 0 Å². The quantitative estimate of drug-likeness (QED) is 0.747. The van der Waals surface area contributed by atoms with Gasteiger partial charge in [-0.25, -0.2) is 0 Å². The average molecular weight is 245 g/mol. The molecule has 0 amide bonds. The molecule has 1 aromatic rings. The van der Waals surface area contributed by atoms with Crippen molar-refractivity contribution in [2.75, 3.05) is 19.6 Å². The van der Waals surface area contributed by atoms with E-state index in [1.807, 2.05) is 0 Å². The van der Waals surface area contributed by atoms with E-state index in [1.165, 1.54) is 45.3 Å². The van der Waals surface area contributed by atoms with Crippen LogP contribution in [-0.4, -0.2) is 24.5 Å². The van der Waals surface area contributed by atoms with Crippen molar-refractivity contribution in [2.45, 2.75) is 45.4 Å². The van der Waals surface area contributed by atoms with E-state index < -0.39 is 0 Å². The lowest BCUT2D eigenvalue weighted by Gasteiger charge is -2.32. The van der Waals surface area contributed by atoms with Crippen molar-refractivity contribution >= 4 is 0 Å². The molecule has 0 atom stereocenters. The molecule has 18 heavy (non-hydrogen) atoms. The molecule has 1 aliphatic heterocycles. The van der Waals surface area contributed by atoms with Crippen molar-refractivity contribution < 1.29 is 0 Å². The molecule has 0 bridgehead atoms. The van der Waals surface area contributed by atoms with E-state index in [9.17, 15) is 0 Å². The van der Waals surface area contributed by atoms with Gasteiger partial charge in [0.2, 0.25) is 0 Å². The topological polar surface area (TPSA) is 3.24 Å². The zero-order chi connectivity index (χ0) is 12.8. The first-order valence-electron chi connectivity index (χ1n) is 7.53. The first kappa shape index (κ1) is 13.6. The van der Waals surface area contributed by atoms with Gasteiger partial charge in [-0.2, -0.15) is 0 Å². The van der Waals surface area contributed by atoms with Crippen LogP contribution in [-0.2, 0) is 0 Å². The van der Waals surface area contributed by atoms with Crippen LogP contribution in [0.5, 0.6) is 0 Å². The monoisotopic (exact) mass is 245 g/mol. The van der Waals surface area contributed by atoms with Gasteiger partial charge in [-0.05, 0) is 62.7 Å². The number of piperidine rings is 1. The molecule has 1 nitrogen and oxygen atoms in total. The summed E-state index contributed by atoms with van der Waals surface area (Å²) in [5, 5.41) is 0. The van der Waals surface area contributed by atoms with Crippen LogP contribution in [0.1, 0.15) is 51.0 Å². The molecule has 0 N–H and O–H groups in total. The summed E-state index contributed by atoms with van der Waals surface area (Å²) in [5.74, 6) is 1.65.